The third kappa shape index (κ3) is 5.48. The molecule has 0 saturated heterocycles. The Labute approximate surface area is 169 Å². The first-order valence-electron chi connectivity index (χ1n) is 11.2. The van der Waals surface area contributed by atoms with Crippen molar-refractivity contribution >= 4 is 5.97 Å². The standard InChI is InChI=1S/C24H38O4/c1-24(2,15-23(27)28)11-10-16-12-18-14-22(26)19(20(18)13-16)8-9-21(25)17-6-4-3-5-7-17/h8-10,17-22,25-26H,3-7,11-15H2,1-2H3,(H,27,28). The minimum Gasteiger partial charge on any atom is -0.481 e. The van der Waals surface area contributed by atoms with Gasteiger partial charge >= 0.3 is 5.97 Å². The number of hydrogen-bond acceptors (Lipinski definition) is 3. The summed E-state index contributed by atoms with van der Waals surface area (Å²) in [5, 5.41) is 30.1. The Morgan fingerprint density at radius 3 is 2.61 bits per heavy atom. The second kappa shape index (κ2) is 9.13. The third-order valence-corrected chi connectivity index (χ3v) is 7.35. The highest BCUT2D eigenvalue weighted by atomic mass is 16.4. The predicted molar refractivity (Wildman–Crippen MR) is 111 cm³/mol. The number of hydrogen-bond donors (Lipinski definition) is 3. The van der Waals surface area contributed by atoms with Gasteiger partial charge in [-0.25, -0.2) is 0 Å². The molecule has 0 spiro atoms. The lowest BCUT2D eigenvalue weighted by atomic mass is 9.83. The first-order valence-corrected chi connectivity index (χ1v) is 11.2. The van der Waals surface area contributed by atoms with Crippen LogP contribution < -0.4 is 0 Å². The van der Waals surface area contributed by atoms with Crippen LogP contribution in [0.5, 0.6) is 0 Å². The smallest absolute Gasteiger partial charge is 0.303 e. The summed E-state index contributed by atoms with van der Waals surface area (Å²) >= 11 is 0. The van der Waals surface area contributed by atoms with E-state index in [1.165, 1.54) is 24.8 Å². The zero-order valence-corrected chi connectivity index (χ0v) is 17.5. The van der Waals surface area contributed by atoms with Crippen LogP contribution in [0.15, 0.2) is 23.8 Å². The van der Waals surface area contributed by atoms with E-state index >= 15 is 0 Å². The molecule has 3 N–H and O–H groups in total. The molecule has 0 aliphatic heterocycles. The quantitative estimate of drug-likeness (QED) is 0.550. The molecule has 0 heterocycles. The molecule has 4 heteroatoms. The second-order valence-electron chi connectivity index (χ2n) is 10.3. The molecule has 3 saturated carbocycles. The van der Waals surface area contributed by atoms with E-state index in [-0.39, 0.29) is 30.0 Å². The number of fused-ring (bicyclic) bond motifs is 1. The number of aliphatic hydroxyl groups excluding tert-OH is 2. The van der Waals surface area contributed by atoms with Crippen molar-refractivity contribution in [2.75, 3.05) is 0 Å². The molecular weight excluding hydrogens is 352 g/mol. The lowest BCUT2D eigenvalue weighted by Crippen LogP contribution is -2.22. The van der Waals surface area contributed by atoms with Crippen LogP contribution in [0.1, 0.15) is 78.1 Å². The molecule has 0 bridgehead atoms. The first kappa shape index (κ1) is 21.6. The van der Waals surface area contributed by atoms with Crippen LogP contribution >= 0.6 is 0 Å². The average molecular weight is 391 g/mol. The molecule has 5 atom stereocenters. The topological polar surface area (TPSA) is 77.8 Å². The zero-order chi connectivity index (χ0) is 20.3. The van der Waals surface area contributed by atoms with Crippen LogP contribution in [-0.4, -0.2) is 33.5 Å². The number of carboxylic acid groups (broad SMARTS) is 1. The van der Waals surface area contributed by atoms with Gasteiger partial charge in [-0.1, -0.05) is 56.9 Å². The fourth-order valence-corrected chi connectivity index (χ4v) is 5.72. The number of rotatable bonds is 7. The van der Waals surface area contributed by atoms with Crippen molar-refractivity contribution in [1.82, 2.24) is 0 Å². The molecular formula is C24H38O4. The van der Waals surface area contributed by atoms with Gasteiger partial charge in [0.05, 0.1) is 18.6 Å². The monoisotopic (exact) mass is 390 g/mol. The van der Waals surface area contributed by atoms with Gasteiger partial charge in [-0.15, -0.1) is 0 Å². The number of aliphatic hydroxyl groups is 2. The number of carbonyl (C=O) groups is 1. The van der Waals surface area contributed by atoms with E-state index in [0.717, 1.165) is 38.5 Å². The molecule has 0 aromatic rings. The summed E-state index contributed by atoms with van der Waals surface area (Å²) in [5.41, 5.74) is 1.20. The Morgan fingerprint density at radius 1 is 1.21 bits per heavy atom. The maximum atomic E-state index is 11.0. The van der Waals surface area contributed by atoms with Gasteiger partial charge in [0, 0.05) is 5.92 Å². The van der Waals surface area contributed by atoms with Crippen molar-refractivity contribution in [2.24, 2.45) is 29.1 Å². The Hall–Kier alpha value is -1.13. The minimum atomic E-state index is -0.739. The van der Waals surface area contributed by atoms with Crippen LogP contribution in [-0.2, 0) is 4.79 Å². The minimum absolute atomic E-state index is 0.140. The van der Waals surface area contributed by atoms with Crippen LogP contribution in [0.25, 0.3) is 0 Å². The normalized spacial score (nSPS) is 34.2. The molecule has 5 unspecified atom stereocenters. The van der Waals surface area contributed by atoms with Crippen LogP contribution in [0.2, 0.25) is 0 Å². The van der Waals surface area contributed by atoms with Crippen LogP contribution in [0, 0.1) is 29.1 Å². The fraction of sp³-hybridized carbons (Fsp3) is 0.792. The van der Waals surface area contributed by atoms with Crippen molar-refractivity contribution in [1.29, 1.82) is 0 Å². The maximum Gasteiger partial charge on any atom is 0.303 e. The number of carboxylic acids is 1. The van der Waals surface area contributed by atoms with Gasteiger partial charge in [0.2, 0.25) is 0 Å². The SMILES string of the molecule is CC(C)(CC=C1CC2CC(O)C(C=CC(O)C3CCCCC3)C2C1)CC(=O)O. The van der Waals surface area contributed by atoms with E-state index in [9.17, 15) is 15.0 Å². The van der Waals surface area contributed by atoms with Gasteiger partial charge < -0.3 is 15.3 Å². The van der Waals surface area contributed by atoms with Crippen molar-refractivity contribution in [3.63, 3.8) is 0 Å². The molecule has 0 amide bonds. The summed E-state index contributed by atoms with van der Waals surface area (Å²) in [6.07, 6.45) is 15.5. The van der Waals surface area contributed by atoms with E-state index in [1.54, 1.807) is 0 Å². The number of aliphatic carboxylic acids is 1. The van der Waals surface area contributed by atoms with Gasteiger partial charge in [-0.2, -0.15) is 0 Å². The van der Waals surface area contributed by atoms with Crippen molar-refractivity contribution in [3.8, 4) is 0 Å². The second-order valence-corrected chi connectivity index (χ2v) is 10.3. The highest BCUT2D eigenvalue weighted by Gasteiger charge is 2.45. The molecule has 0 radical (unpaired) electrons. The fourth-order valence-electron chi connectivity index (χ4n) is 5.72. The van der Waals surface area contributed by atoms with Gasteiger partial charge in [0.15, 0.2) is 0 Å². The summed E-state index contributed by atoms with van der Waals surface area (Å²) in [4.78, 5) is 11.0. The number of allylic oxidation sites excluding steroid dienone is 2. The predicted octanol–water partition coefficient (Wildman–Crippen LogP) is 4.71. The first-order chi connectivity index (χ1) is 13.2. The summed E-state index contributed by atoms with van der Waals surface area (Å²) in [5.74, 6) is 0.761. The van der Waals surface area contributed by atoms with Crippen molar-refractivity contribution < 1.29 is 20.1 Å². The highest BCUT2D eigenvalue weighted by Crippen LogP contribution is 2.51. The molecule has 3 aliphatic carbocycles. The van der Waals surface area contributed by atoms with Gasteiger partial charge in [0.25, 0.3) is 0 Å². The molecule has 3 fully saturated rings. The maximum absolute atomic E-state index is 11.0. The molecule has 0 aromatic heterocycles. The molecule has 4 nitrogen and oxygen atoms in total. The van der Waals surface area contributed by atoms with E-state index in [0.29, 0.717) is 17.8 Å². The molecule has 158 valence electrons. The summed E-state index contributed by atoms with van der Waals surface area (Å²) in [6.45, 7) is 4.02. The van der Waals surface area contributed by atoms with Crippen molar-refractivity contribution in [3.05, 3.63) is 23.8 Å². The zero-order valence-electron chi connectivity index (χ0n) is 17.5. The lowest BCUT2D eigenvalue weighted by Gasteiger charge is -2.25. The van der Waals surface area contributed by atoms with Crippen molar-refractivity contribution in [2.45, 2.75) is 90.3 Å². The lowest BCUT2D eigenvalue weighted by molar-refractivity contribution is -0.139. The molecule has 0 aromatic carbocycles. The van der Waals surface area contributed by atoms with E-state index in [1.807, 2.05) is 19.9 Å². The average Bonchev–Trinajstić information content (AvgIpc) is 3.14. The summed E-state index contributed by atoms with van der Waals surface area (Å²) in [7, 11) is 0. The van der Waals surface area contributed by atoms with E-state index in [4.69, 9.17) is 5.11 Å². The Balaban J connectivity index is 1.57. The third-order valence-electron chi connectivity index (χ3n) is 7.35. The van der Waals surface area contributed by atoms with Gasteiger partial charge in [-0.05, 0) is 61.7 Å². The molecule has 28 heavy (non-hydrogen) atoms. The van der Waals surface area contributed by atoms with E-state index in [2.05, 4.69) is 12.2 Å². The molecule has 3 aliphatic rings. The largest absolute Gasteiger partial charge is 0.481 e. The van der Waals surface area contributed by atoms with E-state index < -0.39 is 5.97 Å². The van der Waals surface area contributed by atoms with Crippen LogP contribution in [0.3, 0.4) is 0 Å². The highest BCUT2D eigenvalue weighted by molar-refractivity contribution is 5.67. The Kier molecular flexibility index (Phi) is 7.03. The molecule has 3 rings (SSSR count). The summed E-state index contributed by atoms with van der Waals surface area (Å²) in [6, 6.07) is 0. The Bertz CT molecular complexity index is 600. The van der Waals surface area contributed by atoms with Gasteiger partial charge in [0.1, 0.15) is 0 Å². The van der Waals surface area contributed by atoms with Crippen LogP contribution in [0.4, 0.5) is 0 Å². The van der Waals surface area contributed by atoms with Gasteiger partial charge in [-0.3, -0.25) is 4.79 Å². The Morgan fingerprint density at radius 2 is 1.93 bits per heavy atom. The summed E-state index contributed by atoms with van der Waals surface area (Å²) < 4.78 is 0.